The lowest BCUT2D eigenvalue weighted by Crippen LogP contribution is -2.23. The molecular weight excluding hydrogens is 260 g/mol. The van der Waals surface area contributed by atoms with E-state index in [4.69, 9.17) is 17.3 Å². The third kappa shape index (κ3) is 3.01. The minimum Gasteiger partial charge on any atom is -0.345 e. The SMILES string of the molecule is CCC(N)Cc1cccn1Cc1c(Cl)c(C)nn1C. The van der Waals surface area contributed by atoms with Gasteiger partial charge in [0.25, 0.3) is 0 Å². The lowest BCUT2D eigenvalue weighted by molar-refractivity contribution is 0.596. The van der Waals surface area contributed by atoms with Crippen LogP contribution in [0.2, 0.25) is 5.02 Å². The maximum atomic E-state index is 6.29. The van der Waals surface area contributed by atoms with Crippen LogP contribution in [0.1, 0.15) is 30.4 Å². The van der Waals surface area contributed by atoms with Crippen LogP contribution < -0.4 is 5.73 Å². The van der Waals surface area contributed by atoms with Gasteiger partial charge in [0.05, 0.1) is 23.0 Å². The molecule has 2 aromatic rings. The summed E-state index contributed by atoms with van der Waals surface area (Å²) in [5.41, 5.74) is 9.18. The molecule has 0 aliphatic heterocycles. The quantitative estimate of drug-likeness (QED) is 0.915. The zero-order valence-electron chi connectivity index (χ0n) is 11.7. The smallest absolute Gasteiger partial charge is 0.0865 e. The van der Waals surface area contributed by atoms with Gasteiger partial charge in [0.15, 0.2) is 0 Å². The second-order valence-electron chi connectivity index (χ2n) is 4.97. The molecule has 0 saturated carbocycles. The zero-order valence-corrected chi connectivity index (χ0v) is 12.5. The summed E-state index contributed by atoms with van der Waals surface area (Å²) in [5.74, 6) is 0. The Morgan fingerprint density at radius 1 is 1.47 bits per heavy atom. The van der Waals surface area contributed by atoms with Crippen LogP contribution in [0.5, 0.6) is 0 Å². The summed E-state index contributed by atoms with van der Waals surface area (Å²) in [4.78, 5) is 0. The molecule has 0 bridgehead atoms. The molecule has 104 valence electrons. The molecule has 0 fully saturated rings. The molecule has 2 aromatic heterocycles. The normalized spacial score (nSPS) is 12.9. The molecule has 1 unspecified atom stereocenters. The van der Waals surface area contributed by atoms with Crippen LogP contribution in [0.3, 0.4) is 0 Å². The Hall–Kier alpha value is -1.26. The topological polar surface area (TPSA) is 48.8 Å². The predicted molar refractivity (Wildman–Crippen MR) is 78.5 cm³/mol. The van der Waals surface area contributed by atoms with Crippen molar-refractivity contribution in [2.24, 2.45) is 12.8 Å². The fourth-order valence-corrected chi connectivity index (χ4v) is 2.44. The Kier molecular flexibility index (Phi) is 4.32. The highest BCUT2D eigenvalue weighted by molar-refractivity contribution is 6.31. The van der Waals surface area contributed by atoms with Crippen LogP contribution in [-0.4, -0.2) is 20.4 Å². The number of halogens is 1. The van der Waals surface area contributed by atoms with Crippen LogP contribution in [0, 0.1) is 6.92 Å². The van der Waals surface area contributed by atoms with E-state index in [0.29, 0.717) is 0 Å². The van der Waals surface area contributed by atoms with Crippen LogP contribution in [0.25, 0.3) is 0 Å². The molecule has 0 spiro atoms. The Morgan fingerprint density at radius 3 is 2.79 bits per heavy atom. The maximum Gasteiger partial charge on any atom is 0.0865 e. The van der Waals surface area contributed by atoms with E-state index in [1.165, 1.54) is 5.69 Å². The number of hydrogen-bond donors (Lipinski definition) is 1. The van der Waals surface area contributed by atoms with E-state index in [1.807, 2.05) is 18.7 Å². The summed E-state index contributed by atoms with van der Waals surface area (Å²) in [6, 6.07) is 4.37. The third-order valence-corrected chi connectivity index (χ3v) is 3.99. The van der Waals surface area contributed by atoms with Crippen LogP contribution in [-0.2, 0) is 20.0 Å². The van der Waals surface area contributed by atoms with Crippen molar-refractivity contribution in [2.45, 2.75) is 39.3 Å². The number of rotatable bonds is 5. The second kappa shape index (κ2) is 5.80. The first-order valence-electron chi connectivity index (χ1n) is 6.60. The summed E-state index contributed by atoms with van der Waals surface area (Å²) in [7, 11) is 1.93. The van der Waals surface area contributed by atoms with Crippen molar-refractivity contribution >= 4 is 11.6 Å². The highest BCUT2D eigenvalue weighted by Gasteiger charge is 2.13. The number of aromatic nitrogens is 3. The summed E-state index contributed by atoms with van der Waals surface area (Å²) in [6.45, 7) is 4.77. The van der Waals surface area contributed by atoms with E-state index in [2.05, 4.69) is 34.9 Å². The van der Waals surface area contributed by atoms with Crippen molar-refractivity contribution < 1.29 is 0 Å². The van der Waals surface area contributed by atoms with Gasteiger partial charge in [-0.05, 0) is 25.5 Å². The number of nitrogens with two attached hydrogens (primary N) is 1. The Labute approximate surface area is 119 Å². The lowest BCUT2D eigenvalue weighted by Gasteiger charge is -2.13. The highest BCUT2D eigenvalue weighted by atomic mass is 35.5. The maximum absolute atomic E-state index is 6.29. The molecule has 0 radical (unpaired) electrons. The van der Waals surface area contributed by atoms with Crippen LogP contribution in [0.15, 0.2) is 18.3 Å². The molecular formula is C14H21ClN4. The molecule has 0 aliphatic rings. The third-order valence-electron chi connectivity index (χ3n) is 3.50. The Bertz CT molecular complexity index is 556. The summed E-state index contributed by atoms with van der Waals surface area (Å²) in [6.07, 6.45) is 3.94. The van der Waals surface area contributed by atoms with Crippen molar-refractivity contribution in [1.82, 2.24) is 14.3 Å². The van der Waals surface area contributed by atoms with Crippen LogP contribution in [0.4, 0.5) is 0 Å². The highest BCUT2D eigenvalue weighted by Crippen LogP contribution is 2.21. The number of hydrogen-bond acceptors (Lipinski definition) is 2. The fourth-order valence-electron chi connectivity index (χ4n) is 2.22. The number of nitrogens with zero attached hydrogens (tertiary/aromatic N) is 3. The first kappa shape index (κ1) is 14.2. The van der Waals surface area contributed by atoms with Gasteiger partial charge < -0.3 is 10.3 Å². The second-order valence-corrected chi connectivity index (χ2v) is 5.35. The lowest BCUT2D eigenvalue weighted by atomic mass is 10.1. The van der Waals surface area contributed by atoms with Gasteiger partial charge in [0.1, 0.15) is 0 Å². The molecule has 2 N–H and O–H groups in total. The minimum absolute atomic E-state index is 0.206. The molecule has 2 heterocycles. The molecule has 4 nitrogen and oxygen atoms in total. The van der Waals surface area contributed by atoms with E-state index < -0.39 is 0 Å². The van der Waals surface area contributed by atoms with E-state index in [1.54, 1.807) is 0 Å². The molecule has 0 aromatic carbocycles. The Morgan fingerprint density at radius 2 is 2.21 bits per heavy atom. The van der Waals surface area contributed by atoms with Gasteiger partial charge in [0, 0.05) is 31.4 Å². The van der Waals surface area contributed by atoms with Crippen molar-refractivity contribution in [3.8, 4) is 0 Å². The van der Waals surface area contributed by atoms with E-state index in [9.17, 15) is 0 Å². The molecule has 0 saturated heterocycles. The van der Waals surface area contributed by atoms with Gasteiger partial charge in [0.2, 0.25) is 0 Å². The van der Waals surface area contributed by atoms with E-state index in [0.717, 1.165) is 35.8 Å². The molecule has 1 atom stereocenters. The van der Waals surface area contributed by atoms with Crippen molar-refractivity contribution in [3.05, 3.63) is 40.4 Å². The predicted octanol–water partition coefficient (Wildman–Crippen LogP) is 2.51. The minimum atomic E-state index is 0.206. The van der Waals surface area contributed by atoms with E-state index in [-0.39, 0.29) is 6.04 Å². The molecule has 0 amide bonds. The average Bonchev–Trinajstić information content (AvgIpc) is 2.90. The Balaban J connectivity index is 2.22. The first-order valence-corrected chi connectivity index (χ1v) is 6.98. The molecule has 19 heavy (non-hydrogen) atoms. The summed E-state index contributed by atoms with van der Waals surface area (Å²) >= 11 is 6.29. The van der Waals surface area contributed by atoms with Crippen molar-refractivity contribution in [1.29, 1.82) is 0 Å². The van der Waals surface area contributed by atoms with Crippen LogP contribution >= 0.6 is 11.6 Å². The van der Waals surface area contributed by atoms with Gasteiger partial charge in [-0.15, -0.1) is 0 Å². The van der Waals surface area contributed by atoms with Gasteiger partial charge >= 0.3 is 0 Å². The molecule has 5 heteroatoms. The average molecular weight is 281 g/mol. The van der Waals surface area contributed by atoms with Gasteiger partial charge in [-0.1, -0.05) is 18.5 Å². The van der Waals surface area contributed by atoms with Crippen molar-refractivity contribution in [2.75, 3.05) is 0 Å². The summed E-state index contributed by atoms with van der Waals surface area (Å²) in [5, 5.41) is 5.10. The van der Waals surface area contributed by atoms with E-state index >= 15 is 0 Å². The standard InChI is InChI=1S/C14H21ClN4/c1-4-11(16)8-12-6-5-7-19(12)9-13-14(15)10(2)17-18(13)3/h5-7,11H,4,8-9,16H2,1-3H3. The largest absolute Gasteiger partial charge is 0.345 e. The van der Waals surface area contributed by atoms with Gasteiger partial charge in [-0.3, -0.25) is 4.68 Å². The zero-order chi connectivity index (χ0) is 14.0. The molecule has 2 rings (SSSR count). The molecule has 0 aliphatic carbocycles. The number of aryl methyl sites for hydroxylation is 2. The van der Waals surface area contributed by atoms with Gasteiger partial charge in [-0.25, -0.2) is 0 Å². The summed E-state index contributed by atoms with van der Waals surface area (Å²) < 4.78 is 4.04. The van der Waals surface area contributed by atoms with Crippen molar-refractivity contribution in [3.63, 3.8) is 0 Å². The first-order chi connectivity index (χ1) is 9.02. The van der Waals surface area contributed by atoms with Gasteiger partial charge in [-0.2, -0.15) is 5.10 Å². The monoisotopic (exact) mass is 280 g/mol. The fraction of sp³-hybridized carbons (Fsp3) is 0.500.